The first-order chi connectivity index (χ1) is 21.4. The van der Waals surface area contributed by atoms with Crippen LogP contribution >= 0.6 is 0 Å². The molecular weight excluding hydrogens is 566 g/mol. The molecule has 4 aromatic rings. The minimum atomic E-state index is -0.479. The molecule has 0 radical (unpaired) electrons. The highest BCUT2D eigenvalue weighted by atomic mass is 16.7. The van der Waals surface area contributed by atoms with Crippen LogP contribution in [-0.4, -0.2) is 54.8 Å². The standard InChI is InChI=1S/C31H31N7O6/c1-38(25-13-7-5-11-22(25)18-39)29(41)19-43-20-44-26-14-8-6-12-23(26)36-37-24-15-16-27(35-30(24)32)34-28(40)17-33-31(42)21-9-3-2-4-10-21/h2-16,39H,17-20H2,1H3,(H,33,42)(H3,32,34,35,40). The molecule has 13 nitrogen and oxygen atoms in total. The number of nitrogens with one attached hydrogen (secondary N) is 2. The van der Waals surface area contributed by atoms with Crippen LogP contribution in [0.4, 0.5) is 28.7 Å². The fourth-order valence-electron chi connectivity index (χ4n) is 3.87. The van der Waals surface area contributed by atoms with Crippen LogP contribution in [0, 0.1) is 0 Å². The number of carbonyl (C=O) groups excluding carboxylic acids is 3. The number of aliphatic hydroxyl groups is 1. The summed E-state index contributed by atoms with van der Waals surface area (Å²) in [6, 6.07) is 25.4. The first-order valence-electron chi connectivity index (χ1n) is 13.4. The van der Waals surface area contributed by atoms with Crippen molar-refractivity contribution < 1.29 is 29.0 Å². The Morgan fingerprint density at radius 3 is 2.39 bits per heavy atom. The van der Waals surface area contributed by atoms with E-state index in [1.165, 1.54) is 17.0 Å². The number of azo groups is 1. The molecule has 0 aliphatic heterocycles. The SMILES string of the molecule is CN(C(=O)COCOc1ccccc1N=Nc1ccc(NC(=O)CNC(=O)c2ccccc2)nc1N)c1ccccc1CO. The summed E-state index contributed by atoms with van der Waals surface area (Å²) in [6.45, 7) is -0.913. The largest absolute Gasteiger partial charge is 0.465 e. The molecule has 1 heterocycles. The molecule has 13 heteroatoms. The second-order valence-electron chi connectivity index (χ2n) is 9.22. The summed E-state index contributed by atoms with van der Waals surface area (Å²) in [5.41, 5.74) is 8.31. The van der Waals surface area contributed by atoms with Gasteiger partial charge in [0.15, 0.2) is 12.6 Å². The first kappa shape index (κ1) is 31.3. The number of hydrogen-bond acceptors (Lipinski definition) is 10. The number of carbonyl (C=O) groups is 3. The fraction of sp³-hybridized carbons (Fsp3) is 0.161. The highest BCUT2D eigenvalue weighted by molar-refractivity contribution is 5.99. The normalized spacial score (nSPS) is 10.8. The zero-order chi connectivity index (χ0) is 31.3. The Bertz CT molecular complexity index is 1630. The summed E-state index contributed by atoms with van der Waals surface area (Å²) in [6.07, 6.45) is 0. The lowest BCUT2D eigenvalue weighted by atomic mass is 10.1. The van der Waals surface area contributed by atoms with Gasteiger partial charge in [-0.2, -0.15) is 0 Å². The molecule has 0 aliphatic carbocycles. The maximum atomic E-state index is 12.5. The maximum Gasteiger partial charge on any atom is 0.252 e. The van der Waals surface area contributed by atoms with E-state index in [2.05, 4.69) is 25.8 Å². The Labute approximate surface area is 253 Å². The number of likely N-dealkylation sites (N-methyl/N-ethyl adjacent to an activating group) is 1. The molecular formula is C31H31N7O6. The molecule has 0 atom stereocenters. The second kappa shape index (κ2) is 15.5. The zero-order valence-corrected chi connectivity index (χ0v) is 23.8. The molecule has 5 N–H and O–H groups in total. The van der Waals surface area contributed by atoms with Crippen LogP contribution in [0.1, 0.15) is 15.9 Å². The number of nitrogens with zero attached hydrogens (tertiary/aromatic N) is 4. The second-order valence-corrected chi connectivity index (χ2v) is 9.22. The van der Waals surface area contributed by atoms with Crippen molar-refractivity contribution in [1.29, 1.82) is 0 Å². The third kappa shape index (κ3) is 8.67. The molecule has 3 amide bonds. The van der Waals surface area contributed by atoms with Gasteiger partial charge in [-0.25, -0.2) is 4.98 Å². The number of rotatable bonds is 13. The number of pyridine rings is 1. The van der Waals surface area contributed by atoms with Crippen LogP contribution in [0.15, 0.2) is 101 Å². The van der Waals surface area contributed by atoms with Crippen molar-refractivity contribution >= 4 is 46.4 Å². The number of benzene rings is 3. The van der Waals surface area contributed by atoms with Gasteiger partial charge in [-0.3, -0.25) is 14.4 Å². The van der Waals surface area contributed by atoms with Gasteiger partial charge in [0.2, 0.25) is 5.91 Å². The fourth-order valence-corrected chi connectivity index (χ4v) is 3.87. The van der Waals surface area contributed by atoms with Gasteiger partial charge in [0.05, 0.1) is 13.2 Å². The molecule has 0 bridgehead atoms. The molecule has 4 rings (SSSR count). The number of amides is 3. The van der Waals surface area contributed by atoms with E-state index in [9.17, 15) is 19.5 Å². The summed E-state index contributed by atoms with van der Waals surface area (Å²) in [4.78, 5) is 42.5. The molecule has 0 fully saturated rings. The zero-order valence-electron chi connectivity index (χ0n) is 23.8. The maximum absolute atomic E-state index is 12.5. The molecule has 226 valence electrons. The van der Waals surface area contributed by atoms with Crippen molar-refractivity contribution in [3.8, 4) is 5.75 Å². The van der Waals surface area contributed by atoms with Crippen LogP contribution < -0.4 is 26.0 Å². The van der Waals surface area contributed by atoms with Gasteiger partial charge in [0, 0.05) is 23.9 Å². The number of hydrogen-bond donors (Lipinski definition) is 4. The molecule has 3 aromatic carbocycles. The van der Waals surface area contributed by atoms with Gasteiger partial charge in [-0.05, 0) is 42.5 Å². The number of para-hydroxylation sites is 2. The van der Waals surface area contributed by atoms with Crippen LogP contribution in [-0.2, 0) is 20.9 Å². The van der Waals surface area contributed by atoms with Gasteiger partial charge < -0.3 is 35.8 Å². The molecule has 0 spiro atoms. The van der Waals surface area contributed by atoms with E-state index in [4.69, 9.17) is 15.2 Å². The van der Waals surface area contributed by atoms with Gasteiger partial charge in [0.1, 0.15) is 29.5 Å². The van der Waals surface area contributed by atoms with E-state index < -0.39 is 5.91 Å². The van der Waals surface area contributed by atoms with Crippen molar-refractivity contribution in [1.82, 2.24) is 10.3 Å². The van der Waals surface area contributed by atoms with Crippen LogP contribution in [0.25, 0.3) is 0 Å². The average Bonchev–Trinajstić information content (AvgIpc) is 3.05. The van der Waals surface area contributed by atoms with Gasteiger partial charge >= 0.3 is 0 Å². The van der Waals surface area contributed by atoms with Gasteiger partial charge in [-0.15, -0.1) is 10.2 Å². The van der Waals surface area contributed by atoms with Crippen LogP contribution in [0.3, 0.4) is 0 Å². The number of nitrogen functional groups attached to an aromatic ring is 1. The first-order valence-corrected chi connectivity index (χ1v) is 13.4. The predicted octanol–water partition coefficient (Wildman–Crippen LogP) is 3.96. The van der Waals surface area contributed by atoms with Crippen LogP contribution in [0.2, 0.25) is 0 Å². The summed E-state index contributed by atoms with van der Waals surface area (Å²) in [5.74, 6) is -0.612. The van der Waals surface area contributed by atoms with E-state index in [0.717, 1.165) is 0 Å². The minimum Gasteiger partial charge on any atom is -0.465 e. The topological polar surface area (TPSA) is 181 Å². The molecule has 0 saturated carbocycles. The lowest BCUT2D eigenvalue weighted by Crippen LogP contribution is -2.33. The monoisotopic (exact) mass is 597 g/mol. The number of aromatic nitrogens is 1. The van der Waals surface area contributed by atoms with Gasteiger partial charge in [-0.1, -0.05) is 48.5 Å². The number of nitrogens with two attached hydrogens (primary N) is 1. The Balaban J connectivity index is 1.27. The van der Waals surface area contributed by atoms with Crippen molar-refractivity contribution in [2.24, 2.45) is 10.2 Å². The molecule has 0 saturated heterocycles. The van der Waals surface area contributed by atoms with E-state index in [1.54, 1.807) is 85.9 Å². The van der Waals surface area contributed by atoms with Gasteiger partial charge in [0.25, 0.3) is 11.8 Å². The smallest absolute Gasteiger partial charge is 0.252 e. The van der Waals surface area contributed by atoms with Crippen LogP contribution in [0.5, 0.6) is 5.75 Å². The Kier molecular flexibility index (Phi) is 11.0. The number of anilines is 3. The van der Waals surface area contributed by atoms with E-state index in [1.807, 2.05) is 0 Å². The van der Waals surface area contributed by atoms with Crippen molar-refractivity contribution in [2.75, 3.05) is 42.9 Å². The van der Waals surface area contributed by atoms with E-state index in [0.29, 0.717) is 28.3 Å². The average molecular weight is 598 g/mol. The number of ether oxygens (including phenoxy) is 2. The third-order valence-electron chi connectivity index (χ3n) is 6.17. The van der Waals surface area contributed by atoms with Crippen molar-refractivity contribution in [3.63, 3.8) is 0 Å². The highest BCUT2D eigenvalue weighted by Gasteiger charge is 2.15. The summed E-state index contributed by atoms with van der Waals surface area (Å²) < 4.78 is 11.1. The van der Waals surface area contributed by atoms with Crippen molar-refractivity contribution in [3.05, 3.63) is 102 Å². The lowest BCUT2D eigenvalue weighted by Gasteiger charge is -2.20. The minimum absolute atomic E-state index is 0.0204. The Hall–Kier alpha value is -5.66. The lowest BCUT2D eigenvalue weighted by molar-refractivity contribution is -0.125. The van der Waals surface area contributed by atoms with Crippen molar-refractivity contribution in [2.45, 2.75) is 6.61 Å². The number of aliphatic hydroxyl groups excluding tert-OH is 1. The summed E-state index contributed by atoms with van der Waals surface area (Å²) in [5, 5.41) is 23.0. The summed E-state index contributed by atoms with van der Waals surface area (Å²) in [7, 11) is 1.60. The quantitative estimate of drug-likeness (QED) is 0.102. The molecule has 0 unspecified atom stereocenters. The molecule has 1 aromatic heterocycles. The molecule has 0 aliphatic rings. The summed E-state index contributed by atoms with van der Waals surface area (Å²) >= 11 is 0. The molecule has 44 heavy (non-hydrogen) atoms. The Morgan fingerprint density at radius 2 is 1.61 bits per heavy atom. The van der Waals surface area contributed by atoms with E-state index >= 15 is 0 Å². The predicted molar refractivity (Wildman–Crippen MR) is 164 cm³/mol. The third-order valence-corrected chi connectivity index (χ3v) is 6.17. The Morgan fingerprint density at radius 1 is 0.909 bits per heavy atom. The highest BCUT2D eigenvalue weighted by Crippen LogP contribution is 2.30. The van der Waals surface area contributed by atoms with E-state index in [-0.39, 0.29) is 55.7 Å².